The van der Waals surface area contributed by atoms with E-state index in [2.05, 4.69) is 16.5 Å². The van der Waals surface area contributed by atoms with Crippen LogP contribution in [0.25, 0.3) is 11.0 Å². The Morgan fingerprint density at radius 2 is 1.78 bits per heavy atom. The molecular formula is C40H56ClN3O7. The largest absolute Gasteiger partial charge is 0.497 e. The smallest absolute Gasteiger partial charge is 0.329 e. The molecule has 0 N–H and O–H groups in total. The Hall–Kier alpha value is -3.40. The van der Waals surface area contributed by atoms with Crippen LogP contribution in [-0.2, 0) is 23.9 Å². The molecule has 1 amide bonds. The second-order valence-corrected chi connectivity index (χ2v) is 17.0. The minimum Gasteiger partial charge on any atom is -0.497 e. The summed E-state index contributed by atoms with van der Waals surface area (Å²) in [6.07, 6.45) is 7.95. The first-order valence-electron chi connectivity index (χ1n) is 18.6. The highest BCUT2D eigenvalue weighted by atomic mass is 35.5. The van der Waals surface area contributed by atoms with Crippen LogP contribution in [0.15, 0.2) is 30.9 Å². The number of ether oxygens (including phenoxy) is 4. The molecule has 0 radical (unpaired) electrons. The Morgan fingerprint density at radius 1 is 1.06 bits per heavy atom. The van der Waals surface area contributed by atoms with Gasteiger partial charge in [0.1, 0.15) is 29.6 Å². The van der Waals surface area contributed by atoms with Gasteiger partial charge in [-0.3, -0.25) is 9.59 Å². The molecule has 280 valence electrons. The van der Waals surface area contributed by atoms with Crippen molar-refractivity contribution in [1.82, 2.24) is 14.9 Å². The van der Waals surface area contributed by atoms with E-state index < -0.39 is 41.0 Å². The highest BCUT2D eigenvalue weighted by Gasteiger charge is 2.53. The lowest BCUT2D eigenvalue weighted by molar-refractivity contribution is -0.167. The molecular weight excluding hydrogens is 670 g/mol. The van der Waals surface area contributed by atoms with E-state index in [9.17, 15) is 14.4 Å². The van der Waals surface area contributed by atoms with Crippen LogP contribution in [0.3, 0.4) is 0 Å². The van der Waals surface area contributed by atoms with Gasteiger partial charge < -0.3 is 23.8 Å². The fourth-order valence-corrected chi connectivity index (χ4v) is 8.67. The summed E-state index contributed by atoms with van der Waals surface area (Å²) in [5.74, 6) is -0.372. The number of amides is 1. The average molecular weight is 726 g/mol. The summed E-state index contributed by atoms with van der Waals surface area (Å²) >= 11 is 6.58. The molecule has 2 heterocycles. The number of esters is 2. The van der Waals surface area contributed by atoms with Gasteiger partial charge in [-0.15, -0.1) is 6.58 Å². The Morgan fingerprint density at radius 3 is 2.43 bits per heavy atom. The number of hydrogen-bond donors (Lipinski definition) is 0. The van der Waals surface area contributed by atoms with E-state index in [-0.39, 0.29) is 42.0 Å². The van der Waals surface area contributed by atoms with Gasteiger partial charge in [0.25, 0.3) is 5.88 Å². The number of hydrogen-bond acceptors (Lipinski definition) is 9. The van der Waals surface area contributed by atoms with Crippen molar-refractivity contribution in [2.24, 2.45) is 35.0 Å². The summed E-state index contributed by atoms with van der Waals surface area (Å²) in [5, 5.41) is 0.0693. The molecule has 2 aliphatic carbocycles. The summed E-state index contributed by atoms with van der Waals surface area (Å²) in [6, 6.07) is 4.33. The van der Waals surface area contributed by atoms with Crippen LogP contribution in [0.5, 0.6) is 11.6 Å². The maximum absolute atomic E-state index is 14.8. The van der Waals surface area contributed by atoms with E-state index in [4.69, 9.17) is 30.5 Å². The topological polar surface area (TPSA) is 117 Å². The number of benzene rings is 1. The first-order chi connectivity index (χ1) is 24.0. The van der Waals surface area contributed by atoms with Crippen molar-refractivity contribution >= 4 is 40.5 Å². The van der Waals surface area contributed by atoms with Gasteiger partial charge in [0.15, 0.2) is 5.15 Å². The van der Waals surface area contributed by atoms with Crippen molar-refractivity contribution in [2.45, 2.75) is 124 Å². The van der Waals surface area contributed by atoms with Gasteiger partial charge in [0.05, 0.1) is 37.0 Å². The molecule has 0 unspecified atom stereocenters. The summed E-state index contributed by atoms with van der Waals surface area (Å²) in [7, 11) is 1.57. The number of halogens is 1. The van der Waals surface area contributed by atoms with Gasteiger partial charge in [-0.1, -0.05) is 45.4 Å². The van der Waals surface area contributed by atoms with Crippen molar-refractivity contribution in [3.05, 3.63) is 36.0 Å². The Kier molecular flexibility index (Phi) is 11.9. The predicted molar refractivity (Wildman–Crippen MR) is 196 cm³/mol. The van der Waals surface area contributed by atoms with E-state index in [1.165, 1.54) is 6.42 Å². The van der Waals surface area contributed by atoms with Gasteiger partial charge in [-0.05, 0) is 101 Å². The van der Waals surface area contributed by atoms with Crippen LogP contribution >= 0.6 is 11.6 Å². The second-order valence-electron chi connectivity index (χ2n) is 16.7. The molecule has 10 nitrogen and oxygen atoms in total. The third-order valence-corrected chi connectivity index (χ3v) is 11.2. The molecule has 0 spiro atoms. The van der Waals surface area contributed by atoms with Crippen molar-refractivity contribution in [1.29, 1.82) is 0 Å². The molecule has 1 aromatic carbocycles. The molecule has 2 bridgehead atoms. The fourth-order valence-electron chi connectivity index (χ4n) is 8.49. The Balaban J connectivity index is 1.41. The first-order valence-corrected chi connectivity index (χ1v) is 18.9. The van der Waals surface area contributed by atoms with Crippen LogP contribution < -0.4 is 9.47 Å². The maximum Gasteiger partial charge on any atom is 0.329 e. The van der Waals surface area contributed by atoms with Gasteiger partial charge in [-0.2, -0.15) is 0 Å². The Labute approximate surface area is 308 Å². The third kappa shape index (κ3) is 8.81. The standard InChI is InChI=1S/C40H56ClN3O7/c1-10-12-13-14-27-23-15-16-24(19-23)34(27)50-32(45)21-28(39(3,4)5)37(46)44-22-31(26(11-2)33(44)38(47)51-40(6,7)8)49-36-35(41)42-29-18-17-25(48-9)20-30(29)43-36/h10,17-18,20,23-24,26-28,31,33-34H,1,11-16,19,21-22H2,2-9H3/t23-,24+,26+,27-,28+,31-,33-,34-/m0/s1. The van der Waals surface area contributed by atoms with Crippen molar-refractivity contribution in [3.63, 3.8) is 0 Å². The minimum absolute atomic E-state index is 0.0693. The number of methoxy groups -OCH3 is 1. The number of carbonyl (C=O) groups excluding carboxylic acids is 3. The van der Waals surface area contributed by atoms with Gasteiger partial charge >= 0.3 is 11.9 Å². The van der Waals surface area contributed by atoms with Crippen LogP contribution in [0.1, 0.15) is 99.8 Å². The minimum atomic E-state index is -0.945. The van der Waals surface area contributed by atoms with E-state index in [1.54, 1.807) is 51.0 Å². The zero-order valence-corrected chi connectivity index (χ0v) is 32.3. The predicted octanol–water partition coefficient (Wildman–Crippen LogP) is 7.98. The summed E-state index contributed by atoms with van der Waals surface area (Å²) in [4.78, 5) is 53.2. The normalized spacial score (nSPS) is 26.6. The quantitative estimate of drug-likeness (QED) is 0.115. The number of rotatable bonds is 13. The molecule has 3 fully saturated rings. The van der Waals surface area contributed by atoms with Crippen LogP contribution in [0, 0.1) is 35.0 Å². The SMILES string of the molecule is C=CCCC[C@H]1[C@H]2CC[C@H](C2)[C@@H]1OC(=O)C[C@H](C(=O)N1C[C@H](Oc2nc3cc(OC)ccc3nc2Cl)[C@@H](CC)[C@H]1C(=O)OC(C)(C)C)C(C)(C)C. The van der Waals surface area contributed by atoms with Gasteiger partial charge in [0, 0.05) is 12.0 Å². The lowest BCUT2D eigenvalue weighted by Gasteiger charge is -2.36. The second kappa shape index (κ2) is 15.7. The highest BCUT2D eigenvalue weighted by Crippen LogP contribution is 2.52. The summed E-state index contributed by atoms with van der Waals surface area (Å²) in [6.45, 7) is 17.1. The molecule has 2 aromatic rings. The first kappa shape index (κ1) is 38.8. The fraction of sp³-hybridized carbons (Fsp3) is 0.675. The number of unbranched alkanes of at least 4 members (excludes halogenated alkanes) is 1. The molecule has 1 saturated heterocycles. The molecule has 2 saturated carbocycles. The lowest BCUT2D eigenvalue weighted by Crippen LogP contribution is -2.50. The third-order valence-electron chi connectivity index (χ3n) is 11.0. The highest BCUT2D eigenvalue weighted by molar-refractivity contribution is 6.31. The van der Waals surface area contributed by atoms with E-state index in [0.717, 1.165) is 32.1 Å². The molecule has 11 heteroatoms. The molecule has 5 rings (SSSR count). The zero-order valence-electron chi connectivity index (χ0n) is 31.6. The zero-order chi connectivity index (χ0) is 37.2. The van der Waals surface area contributed by atoms with Gasteiger partial charge in [-0.25, -0.2) is 14.8 Å². The van der Waals surface area contributed by atoms with Crippen molar-refractivity contribution in [3.8, 4) is 11.6 Å². The van der Waals surface area contributed by atoms with Crippen molar-refractivity contribution < 1.29 is 33.3 Å². The number of fused-ring (bicyclic) bond motifs is 3. The summed E-state index contributed by atoms with van der Waals surface area (Å²) < 4.78 is 24.0. The summed E-state index contributed by atoms with van der Waals surface area (Å²) in [5.41, 5.74) is -0.297. The number of aromatic nitrogens is 2. The lowest BCUT2D eigenvalue weighted by atomic mass is 9.77. The van der Waals surface area contributed by atoms with E-state index in [1.807, 2.05) is 33.8 Å². The molecule has 1 aromatic heterocycles. The van der Waals surface area contributed by atoms with Crippen LogP contribution in [-0.4, -0.2) is 70.2 Å². The van der Waals surface area contributed by atoms with E-state index in [0.29, 0.717) is 41.0 Å². The van der Waals surface area contributed by atoms with Crippen molar-refractivity contribution in [2.75, 3.05) is 13.7 Å². The maximum atomic E-state index is 14.8. The van der Waals surface area contributed by atoms with Crippen LogP contribution in [0.4, 0.5) is 0 Å². The molecule has 51 heavy (non-hydrogen) atoms. The van der Waals surface area contributed by atoms with Crippen LogP contribution in [0.2, 0.25) is 5.15 Å². The average Bonchev–Trinajstić information content (AvgIpc) is 3.76. The monoisotopic (exact) mass is 725 g/mol. The van der Waals surface area contributed by atoms with Gasteiger partial charge in [0.2, 0.25) is 5.91 Å². The molecule has 8 atom stereocenters. The molecule has 3 aliphatic rings. The number of likely N-dealkylation sites (tertiary alicyclic amines) is 1. The number of carbonyl (C=O) groups is 3. The van der Waals surface area contributed by atoms with E-state index >= 15 is 0 Å². The Bertz CT molecular complexity index is 1600. The molecule has 1 aliphatic heterocycles. The number of allylic oxidation sites excluding steroid dienone is 1. The number of nitrogens with zero attached hydrogens (tertiary/aromatic N) is 3.